The van der Waals surface area contributed by atoms with Gasteiger partial charge in [0, 0.05) is 11.0 Å². The number of hydrogen-bond acceptors (Lipinski definition) is 1. The molecule has 0 amide bonds. The third-order valence-electron chi connectivity index (χ3n) is 3.10. The van der Waals surface area contributed by atoms with Crippen molar-refractivity contribution < 1.29 is 0 Å². The summed E-state index contributed by atoms with van der Waals surface area (Å²) in [4.78, 5) is 0. The predicted molar refractivity (Wildman–Crippen MR) is 87.9 cm³/mol. The Balaban J connectivity index is -0.000000506. The first-order chi connectivity index (χ1) is 8.27. The maximum Gasteiger partial charge on any atom is 0.0189 e. The number of hydrogen-bond donors (Lipinski definition) is 1. The molecule has 1 nitrogen and oxygen atoms in total. The van der Waals surface area contributed by atoms with Crippen LogP contribution in [0.15, 0.2) is 23.8 Å². The fourth-order valence-corrected chi connectivity index (χ4v) is 1.30. The van der Waals surface area contributed by atoms with Crippen molar-refractivity contribution in [1.82, 2.24) is 0 Å². The van der Waals surface area contributed by atoms with E-state index in [-0.39, 0.29) is 11.0 Å². The van der Waals surface area contributed by atoms with Gasteiger partial charge in [0.2, 0.25) is 0 Å². The first-order valence-electron chi connectivity index (χ1n) is 7.39. The Labute approximate surface area is 117 Å². The molecule has 0 aromatic rings. The minimum Gasteiger partial charge on any atom is -0.325 e. The van der Waals surface area contributed by atoms with Crippen molar-refractivity contribution in [2.24, 2.45) is 11.1 Å². The smallest absolute Gasteiger partial charge is 0.0189 e. The van der Waals surface area contributed by atoms with Crippen molar-refractivity contribution in [1.29, 1.82) is 0 Å². The van der Waals surface area contributed by atoms with E-state index in [9.17, 15) is 0 Å². The normalized spacial score (nSPS) is 12.5. The first kappa shape index (κ1) is 22.6. The van der Waals surface area contributed by atoms with Gasteiger partial charge >= 0.3 is 0 Å². The van der Waals surface area contributed by atoms with Crippen molar-refractivity contribution in [3.63, 3.8) is 0 Å². The number of allylic oxidation sites excluding steroid dienone is 3. The van der Waals surface area contributed by atoms with Crippen LogP contribution in [0.4, 0.5) is 0 Å². The molecule has 0 saturated heterocycles. The largest absolute Gasteiger partial charge is 0.325 e. The van der Waals surface area contributed by atoms with Crippen LogP contribution < -0.4 is 5.73 Å². The minimum atomic E-state index is -0.201. The Bertz CT molecular complexity index is 226. The second-order valence-corrected chi connectivity index (χ2v) is 4.91. The van der Waals surface area contributed by atoms with Crippen molar-refractivity contribution in [3.05, 3.63) is 23.8 Å². The Hall–Kier alpha value is -0.560. The van der Waals surface area contributed by atoms with Crippen LogP contribution in [0.1, 0.15) is 75.7 Å². The highest BCUT2D eigenvalue weighted by Crippen LogP contribution is 2.37. The minimum absolute atomic E-state index is 0.00944. The lowest BCUT2D eigenvalue weighted by atomic mass is 9.69. The molecule has 0 aliphatic heterocycles. The summed E-state index contributed by atoms with van der Waals surface area (Å²) in [6.45, 7) is 20.8. The third-order valence-corrected chi connectivity index (χ3v) is 3.10. The molecule has 0 unspecified atom stereocenters. The second-order valence-electron chi connectivity index (χ2n) is 4.91. The molecule has 0 saturated carbocycles. The molecule has 18 heavy (non-hydrogen) atoms. The van der Waals surface area contributed by atoms with Gasteiger partial charge in [-0.2, -0.15) is 0 Å². The summed E-state index contributed by atoms with van der Waals surface area (Å²) in [5.74, 6) is 0. The lowest BCUT2D eigenvalue weighted by Gasteiger charge is -2.40. The van der Waals surface area contributed by atoms with E-state index in [4.69, 9.17) is 5.73 Å². The van der Waals surface area contributed by atoms with E-state index in [0.717, 1.165) is 6.42 Å². The van der Waals surface area contributed by atoms with Crippen LogP contribution in [0.2, 0.25) is 0 Å². The van der Waals surface area contributed by atoms with Gasteiger partial charge in [-0.15, -0.1) is 0 Å². The lowest BCUT2D eigenvalue weighted by Crippen LogP contribution is -2.48. The van der Waals surface area contributed by atoms with Crippen LogP contribution >= 0.6 is 0 Å². The van der Waals surface area contributed by atoms with Gasteiger partial charge in [-0.25, -0.2) is 0 Å². The Morgan fingerprint density at radius 2 is 1.39 bits per heavy atom. The average molecular weight is 255 g/mol. The predicted octanol–water partition coefficient (Wildman–Crippen LogP) is 5.71. The monoisotopic (exact) mass is 255 g/mol. The molecule has 0 aliphatic carbocycles. The summed E-state index contributed by atoms with van der Waals surface area (Å²) in [6.07, 6.45) is 7.56. The van der Waals surface area contributed by atoms with Gasteiger partial charge in [0.25, 0.3) is 0 Å². The van der Waals surface area contributed by atoms with Crippen molar-refractivity contribution in [2.75, 3.05) is 0 Å². The topological polar surface area (TPSA) is 26.0 Å². The second kappa shape index (κ2) is 11.5. The molecule has 1 heteroatoms. The fraction of sp³-hybridized carbons (Fsp3) is 0.765. The quantitative estimate of drug-likeness (QED) is 0.639. The van der Waals surface area contributed by atoms with E-state index in [1.54, 1.807) is 0 Å². The number of nitrogens with two attached hydrogens (primary N) is 1. The molecule has 0 aromatic heterocycles. The molecular formula is C17H37N. The molecule has 110 valence electrons. The van der Waals surface area contributed by atoms with Gasteiger partial charge in [0.05, 0.1) is 0 Å². The molecule has 2 N–H and O–H groups in total. The molecule has 0 aromatic carbocycles. The zero-order chi connectivity index (χ0) is 15.4. The highest BCUT2D eigenvalue weighted by Gasteiger charge is 2.35. The van der Waals surface area contributed by atoms with E-state index in [2.05, 4.69) is 52.8 Å². The van der Waals surface area contributed by atoms with E-state index < -0.39 is 0 Å². The Kier molecular flexibility index (Phi) is 14.5. The van der Waals surface area contributed by atoms with Gasteiger partial charge < -0.3 is 5.73 Å². The van der Waals surface area contributed by atoms with E-state index in [1.165, 1.54) is 5.57 Å². The van der Waals surface area contributed by atoms with E-state index >= 15 is 0 Å². The summed E-state index contributed by atoms with van der Waals surface area (Å²) in [5.41, 5.74) is 7.34. The zero-order valence-electron chi connectivity index (χ0n) is 14.5. The fourth-order valence-electron chi connectivity index (χ4n) is 1.30. The van der Waals surface area contributed by atoms with Gasteiger partial charge in [-0.1, -0.05) is 66.7 Å². The maximum atomic E-state index is 6.20. The first-order valence-corrected chi connectivity index (χ1v) is 7.39. The van der Waals surface area contributed by atoms with Gasteiger partial charge in [-0.05, 0) is 32.8 Å². The maximum absolute atomic E-state index is 6.20. The van der Waals surface area contributed by atoms with Crippen LogP contribution in [-0.2, 0) is 0 Å². The van der Waals surface area contributed by atoms with Crippen LogP contribution in [0.5, 0.6) is 0 Å². The summed E-state index contributed by atoms with van der Waals surface area (Å²) >= 11 is 0. The van der Waals surface area contributed by atoms with Crippen LogP contribution in [0.3, 0.4) is 0 Å². The van der Waals surface area contributed by atoms with Gasteiger partial charge in [-0.3, -0.25) is 0 Å². The highest BCUT2D eigenvalue weighted by molar-refractivity contribution is 5.28. The van der Waals surface area contributed by atoms with Crippen molar-refractivity contribution in [2.45, 2.75) is 81.2 Å². The Morgan fingerprint density at radius 1 is 1.00 bits per heavy atom. The van der Waals surface area contributed by atoms with Crippen molar-refractivity contribution in [3.8, 4) is 0 Å². The summed E-state index contributed by atoms with van der Waals surface area (Å²) < 4.78 is 0. The van der Waals surface area contributed by atoms with Crippen LogP contribution in [0.25, 0.3) is 0 Å². The van der Waals surface area contributed by atoms with E-state index in [1.807, 2.05) is 34.6 Å². The summed E-state index contributed by atoms with van der Waals surface area (Å²) in [7, 11) is 0. The molecule has 0 fully saturated rings. The summed E-state index contributed by atoms with van der Waals surface area (Å²) in [5, 5.41) is 0. The SMILES string of the molecule is C/C=C\C(=C/CC)C(C)(C)C(C)(C)N.CC.CC. The third kappa shape index (κ3) is 7.71. The molecule has 0 rings (SSSR count). The molecule has 0 heterocycles. The number of rotatable bonds is 4. The van der Waals surface area contributed by atoms with Crippen LogP contribution in [-0.4, -0.2) is 5.54 Å². The average Bonchev–Trinajstić information content (AvgIpc) is 2.32. The molecule has 0 bridgehead atoms. The standard InChI is InChI=1S/C13H25N.2C2H6/c1-7-9-11(10-8-2)12(3,4)13(5,6)14;2*1-2/h7,9-10H,8,14H2,1-6H3;2*1-2H3/b9-7-,11-10+;;. The van der Waals surface area contributed by atoms with Crippen molar-refractivity contribution >= 4 is 0 Å². The van der Waals surface area contributed by atoms with Crippen LogP contribution in [0, 0.1) is 5.41 Å². The van der Waals surface area contributed by atoms with Gasteiger partial charge in [0.15, 0.2) is 0 Å². The zero-order valence-corrected chi connectivity index (χ0v) is 14.5. The molecule has 0 spiro atoms. The molecule has 0 radical (unpaired) electrons. The summed E-state index contributed by atoms with van der Waals surface area (Å²) in [6, 6.07) is 0. The molecule has 0 atom stereocenters. The molecular weight excluding hydrogens is 218 g/mol. The van der Waals surface area contributed by atoms with Gasteiger partial charge in [0.1, 0.15) is 0 Å². The lowest BCUT2D eigenvalue weighted by molar-refractivity contribution is 0.258. The highest BCUT2D eigenvalue weighted by atomic mass is 14.8. The van der Waals surface area contributed by atoms with E-state index in [0.29, 0.717) is 0 Å². The molecule has 0 aliphatic rings. The Morgan fingerprint density at radius 3 is 1.61 bits per heavy atom.